The smallest absolute Gasteiger partial charge is 0 e. The van der Waals surface area contributed by atoms with Crippen LogP contribution in [-0.2, 0) is 21.1 Å². The molecule has 0 unspecified atom stereocenters. The quantitative estimate of drug-likeness (QED) is 0.638. The van der Waals surface area contributed by atoms with Crippen LogP contribution in [0.15, 0.2) is 0 Å². The van der Waals surface area contributed by atoms with Crippen molar-refractivity contribution >= 4 is 0 Å². The number of hydrogen-bond acceptors (Lipinski definition) is 0. The summed E-state index contributed by atoms with van der Waals surface area (Å²) in [5.74, 6) is 0. The number of hydrogen-bond donors (Lipinski definition) is 0. The van der Waals surface area contributed by atoms with E-state index in [0.717, 1.165) is 0 Å². The Labute approximate surface area is 59.9 Å². The van der Waals surface area contributed by atoms with Crippen molar-refractivity contribution in [1.82, 2.24) is 0 Å². The van der Waals surface area contributed by atoms with Crippen LogP contribution >= 0.6 is 0 Å². The van der Waals surface area contributed by atoms with Crippen LogP contribution in [0.5, 0.6) is 0 Å². The molecule has 0 spiro atoms. The Morgan fingerprint density at radius 3 is 0.714 bits per heavy atom. The molecule has 0 atom stereocenters. The molecule has 1 heteroatoms. The molecule has 1 aliphatic rings. The molecule has 1 saturated carbocycles. The molecule has 1 aliphatic carbocycles. The van der Waals surface area contributed by atoms with Gasteiger partial charge in [-0.15, -0.1) is 0 Å². The molecule has 1 fully saturated rings. The maximum Gasteiger partial charge on any atom is 0 e. The third-order valence-electron chi connectivity index (χ3n) is 1.50. The molecule has 0 N–H and O–H groups in total. The van der Waals surface area contributed by atoms with Gasteiger partial charge in [-0.05, 0) is 0 Å². The minimum Gasteiger partial charge on any atom is -0.0533 e. The summed E-state index contributed by atoms with van der Waals surface area (Å²) in [6.07, 6.45) is 9.00. The van der Waals surface area contributed by atoms with E-state index in [1.807, 2.05) is 0 Å². The summed E-state index contributed by atoms with van der Waals surface area (Å²) in [6.45, 7) is 0. The van der Waals surface area contributed by atoms with E-state index in [-0.39, 0.29) is 21.1 Å². The second-order valence-electron chi connectivity index (χ2n) is 2.12. The molecule has 0 aromatic heterocycles. The van der Waals surface area contributed by atoms with Crippen molar-refractivity contribution in [2.75, 3.05) is 0 Å². The van der Waals surface area contributed by atoms with Crippen LogP contribution < -0.4 is 0 Å². The topological polar surface area (TPSA) is 0 Å². The van der Waals surface area contributed by atoms with Crippen molar-refractivity contribution in [2.24, 2.45) is 0 Å². The van der Waals surface area contributed by atoms with Gasteiger partial charge in [-0.3, -0.25) is 0 Å². The van der Waals surface area contributed by atoms with Gasteiger partial charge in [-0.1, -0.05) is 38.5 Å². The molecule has 0 nitrogen and oxygen atoms in total. The summed E-state index contributed by atoms with van der Waals surface area (Å²) in [5.41, 5.74) is 0. The molecule has 0 heterocycles. The van der Waals surface area contributed by atoms with E-state index in [0.29, 0.717) is 0 Å². The molecule has 0 saturated heterocycles. The third kappa shape index (κ3) is 3.29. The van der Waals surface area contributed by atoms with E-state index in [4.69, 9.17) is 0 Å². The molecule has 0 aromatic carbocycles. The summed E-state index contributed by atoms with van der Waals surface area (Å²) in [7, 11) is 0. The molecule has 0 amide bonds. The maximum atomic E-state index is 1.50. The fourth-order valence-electron chi connectivity index (χ4n) is 1.06. The third-order valence-corrected chi connectivity index (χ3v) is 1.50. The average Bonchev–Trinajstić information content (AvgIpc) is 1.72. The number of rotatable bonds is 0. The van der Waals surface area contributed by atoms with Crippen LogP contribution in [-0.4, -0.2) is 0 Å². The Balaban J connectivity index is 0.000000360. The second kappa shape index (κ2) is 4.84. The van der Waals surface area contributed by atoms with Gasteiger partial charge >= 0.3 is 0 Å². The molecule has 0 bridgehead atoms. The van der Waals surface area contributed by atoms with Crippen LogP contribution in [0, 0.1) is 0 Å². The Morgan fingerprint density at radius 2 is 0.571 bits per heavy atom. The van der Waals surface area contributed by atoms with Gasteiger partial charge in [0.25, 0.3) is 0 Å². The van der Waals surface area contributed by atoms with Gasteiger partial charge in [0.05, 0.1) is 0 Å². The van der Waals surface area contributed by atoms with Gasteiger partial charge in [0.1, 0.15) is 0 Å². The van der Waals surface area contributed by atoms with Crippen molar-refractivity contribution in [1.29, 1.82) is 0 Å². The van der Waals surface area contributed by atoms with E-state index in [2.05, 4.69) is 0 Å². The van der Waals surface area contributed by atoms with Crippen LogP contribution in [0.3, 0.4) is 0 Å². The zero-order chi connectivity index (χ0) is 4.24. The summed E-state index contributed by atoms with van der Waals surface area (Å²) in [5, 5.41) is 0. The van der Waals surface area contributed by atoms with E-state index in [1.165, 1.54) is 38.5 Å². The van der Waals surface area contributed by atoms with Crippen LogP contribution in [0.2, 0.25) is 0 Å². The molecule has 0 aliphatic heterocycles. The fraction of sp³-hybridized carbons (Fsp3) is 1.00. The molecular formula is C6H12Pt. The van der Waals surface area contributed by atoms with E-state index in [9.17, 15) is 0 Å². The minimum atomic E-state index is 0. The normalized spacial score (nSPS) is 20.6. The van der Waals surface area contributed by atoms with Crippen molar-refractivity contribution in [3.63, 3.8) is 0 Å². The SMILES string of the molecule is C1CCCCC1.[Pt]. The van der Waals surface area contributed by atoms with Gasteiger partial charge in [0.2, 0.25) is 0 Å². The van der Waals surface area contributed by atoms with Crippen molar-refractivity contribution in [3.05, 3.63) is 0 Å². The monoisotopic (exact) mass is 279 g/mol. The first-order valence-corrected chi connectivity index (χ1v) is 3.00. The van der Waals surface area contributed by atoms with E-state index < -0.39 is 0 Å². The maximum absolute atomic E-state index is 1.50. The van der Waals surface area contributed by atoms with Crippen LogP contribution in [0.25, 0.3) is 0 Å². The molecule has 0 radical (unpaired) electrons. The molecular weight excluding hydrogens is 267 g/mol. The molecule has 46 valence electrons. The van der Waals surface area contributed by atoms with Crippen molar-refractivity contribution in [2.45, 2.75) is 38.5 Å². The van der Waals surface area contributed by atoms with Crippen LogP contribution in [0.4, 0.5) is 0 Å². The summed E-state index contributed by atoms with van der Waals surface area (Å²) >= 11 is 0. The zero-order valence-corrected chi connectivity index (χ0v) is 6.83. The van der Waals surface area contributed by atoms with Gasteiger partial charge in [-0.25, -0.2) is 0 Å². The zero-order valence-electron chi connectivity index (χ0n) is 4.56. The summed E-state index contributed by atoms with van der Waals surface area (Å²) < 4.78 is 0. The van der Waals surface area contributed by atoms with Crippen LogP contribution in [0.1, 0.15) is 38.5 Å². The Kier molecular flexibility index (Phi) is 5.31. The van der Waals surface area contributed by atoms with Gasteiger partial charge in [0.15, 0.2) is 0 Å². The first-order valence-electron chi connectivity index (χ1n) is 3.00. The first kappa shape index (κ1) is 7.69. The minimum absolute atomic E-state index is 0. The first-order chi connectivity index (χ1) is 3.00. The molecule has 7 heavy (non-hydrogen) atoms. The Hall–Kier alpha value is 0.688. The van der Waals surface area contributed by atoms with Gasteiger partial charge in [0, 0.05) is 21.1 Å². The largest absolute Gasteiger partial charge is 0.0533 e. The van der Waals surface area contributed by atoms with Crippen molar-refractivity contribution < 1.29 is 21.1 Å². The predicted octanol–water partition coefficient (Wildman–Crippen LogP) is 2.34. The Morgan fingerprint density at radius 1 is 0.429 bits per heavy atom. The summed E-state index contributed by atoms with van der Waals surface area (Å²) in [6, 6.07) is 0. The summed E-state index contributed by atoms with van der Waals surface area (Å²) in [4.78, 5) is 0. The predicted molar refractivity (Wildman–Crippen MR) is 27.7 cm³/mol. The van der Waals surface area contributed by atoms with Crippen molar-refractivity contribution in [3.8, 4) is 0 Å². The van der Waals surface area contributed by atoms with Gasteiger partial charge < -0.3 is 0 Å². The fourth-order valence-corrected chi connectivity index (χ4v) is 1.06. The average molecular weight is 279 g/mol. The van der Waals surface area contributed by atoms with E-state index >= 15 is 0 Å². The van der Waals surface area contributed by atoms with E-state index in [1.54, 1.807) is 0 Å². The van der Waals surface area contributed by atoms with Gasteiger partial charge in [-0.2, -0.15) is 0 Å². The molecule has 1 rings (SSSR count). The Bertz CT molecular complexity index is 19.7. The second-order valence-corrected chi connectivity index (χ2v) is 2.12. The standard InChI is InChI=1S/C6H12.Pt/c1-2-4-6-5-3-1;/h1-6H2;. The molecule has 0 aromatic rings.